The number of hydrogen-bond acceptors (Lipinski definition) is 5. The van der Waals surface area contributed by atoms with Crippen LogP contribution >= 0.6 is 15.9 Å². The van der Waals surface area contributed by atoms with Crippen LogP contribution in [0.5, 0.6) is 5.75 Å². The van der Waals surface area contributed by atoms with Crippen LogP contribution in [0.4, 0.5) is 0 Å². The summed E-state index contributed by atoms with van der Waals surface area (Å²) in [6.45, 7) is 0. The molecule has 0 aromatic heterocycles. The fourth-order valence-corrected chi connectivity index (χ4v) is 3.48. The number of rotatable bonds is 2. The van der Waals surface area contributed by atoms with E-state index in [-0.39, 0.29) is 17.2 Å². The number of methoxy groups -OCH3 is 1. The van der Waals surface area contributed by atoms with Crippen molar-refractivity contribution in [3.8, 4) is 11.8 Å². The van der Waals surface area contributed by atoms with Crippen LogP contribution in [0, 0.1) is 11.3 Å². The zero-order chi connectivity index (χ0) is 16.6. The SMILES string of the molecule is COc1ccc(Br)cc1[C@@H]1C(C#N)=C(N)OC2=C1C(=O)CCC2. The maximum absolute atomic E-state index is 12.5. The van der Waals surface area contributed by atoms with E-state index in [1.807, 2.05) is 12.1 Å². The number of ketones is 1. The molecule has 1 atom stereocenters. The molecule has 1 aromatic rings. The molecular formula is C17H15BrN2O3. The summed E-state index contributed by atoms with van der Waals surface area (Å²) in [5.74, 6) is 0.686. The highest BCUT2D eigenvalue weighted by Gasteiger charge is 2.39. The van der Waals surface area contributed by atoms with E-state index in [0.29, 0.717) is 29.9 Å². The predicted molar refractivity (Wildman–Crippen MR) is 87.2 cm³/mol. The molecule has 23 heavy (non-hydrogen) atoms. The molecule has 0 fully saturated rings. The molecule has 0 unspecified atom stereocenters. The van der Waals surface area contributed by atoms with Gasteiger partial charge in [-0.3, -0.25) is 4.79 Å². The Hall–Kier alpha value is -2.26. The van der Waals surface area contributed by atoms with Gasteiger partial charge in [-0.15, -0.1) is 0 Å². The van der Waals surface area contributed by atoms with Crippen LogP contribution in [0.15, 0.2) is 45.5 Å². The Kier molecular flexibility index (Phi) is 4.14. The third-order valence-corrected chi connectivity index (χ3v) is 4.60. The Morgan fingerprint density at radius 2 is 2.22 bits per heavy atom. The Bertz CT molecular complexity index is 790. The van der Waals surface area contributed by atoms with Crippen molar-refractivity contribution in [1.29, 1.82) is 5.26 Å². The average Bonchev–Trinajstić information content (AvgIpc) is 2.53. The van der Waals surface area contributed by atoms with Gasteiger partial charge in [0.25, 0.3) is 0 Å². The standard InChI is InChI=1S/C17H15BrN2O3/c1-22-13-6-5-9(18)7-10(13)15-11(8-19)17(20)23-14-4-2-3-12(21)16(14)15/h5-7,15H,2-4,20H2,1H3/t15-/m1/s1. The Morgan fingerprint density at radius 3 is 2.91 bits per heavy atom. The number of carbonyl (C=O) groups excluding carboxylic acids is 1. The third-order valence-electron chi connectivity index (χ3n) is 4.11. The molecule has 1 aliphatic carbocycles. The van der Waals surface area contributed by atoms with Crippen LogP contribution in [0.3, 0.4) is 0 Å². The quantitative estimate of drug-likeness (QED) is 0.858. The van der Waals surface area contributed by atoms with Crippen LogP contribution in [0.1, 0.15) is 30.7 Å². The number of hydrogen-bond donors (Lipinski definition) is 1. The van der Waals surface area contributed by atoms with Gasteiger partial charge in [-0.25, -0.2) is 0 Å². The van der Waals surface area contributed by atoms with Gasteiger partial charge in [0.15, 0.2) is 5.78 Å². The maximum Gasteiger partial charge on any atom is 0.205 e. The number of allylic oxidation sites excluding steroid dienone is 3. The normalized spacial score (nSPS) is 20.7. The molecule has 0 radical (unpaired) electrons. The van der Waals surface area contributed by atoms with Crippen molar-refractivity contribution in [3.05, 3.63) is 51.0 Å². The molecular weight excluding hydrogens is 360 g/mol. The Balaban J connectivity index is 2.26. The highest BCUT2D eigenvalue weighted by atomic mass is 79.9. The van der Waals surface area contributed by atoms with Crippen molar-refractivity contribution in [2.75, 3.05) is 7.11 Å². The highest BCUT2D eigenvalue weighted by molar-refractivity contribution is 9.10. The second kappa shape index (κ2) is 6.09. The van der Waals surface area contributed by atoms with E-state index in [9.17, 15) is 10.1 Å². The summed E-state index contributed by atoms with van der Waals surface area (Å²) in [7, 11) is 1.56. The number of Topliss-reactive ketones (excluding diaryl/α,β-unsaturated/α-hetero) is 1. The summed E-state index contributed by atoms with van der Waals surface area (Å²) < 4.78 is 11.8. The summed E-state index contributed by atoms with van der Waals surface area (Å²) in [4.78, 5) is 12.5. The lowest BCUT2D eigenvalue weighted by Crippen LogP contribution is -2.27. The molecule has 118 valence electrons. The molecule has 1 aromatic carbocycles. The third kappa shape index (κ3) is 2.62. The van der Waals surface area contributed by atoms with E-state index >= 15 is 0 Å². The van der Waals surface area contributed by atoms with Crippen molar-refractivity contribution in [2.24, 2.45) is 5.73 Å². The number of halogens is 1. The fraction of sp³-hybridized carbons (Fsp3) is 0.294. The molecule has 1 heterocycles. The Labute approximate surface area is 142 Å². The smallest absolute Gasteiger partial charge is 0.205 e. The van der Waals surface area contributed by atoms with E-state index in [2.05, 4.69) is 22.0 Å². The van der Waals surface area contributed by atoms with E-state index in [1.165, 1.54) is 0 Å². The first-order valence-corrected chi connectivity index (χ1v) is 8.03. The molecule has 0 bridgehead atoms. The van der Waals surface area contributed by atoms with Crippen molar-refractivity contribution in [2.45, 2.75) is 25.2 Å². The first-order valence-electron chi connectivity index (χ1n) is 7.24. The summed E-state index contributed by atoms with van der Waals surface area (Å²) >= 11 is 3.43. The number of ether oxygens (including phenoxy) is 2. The second-order valence-corrected chi connectivity index (χ2v) is 6.34. The van der Waals surface area contributed by atoms with Crippen LogP contribution in [-0.2, 0) is 9.53 Å². The highest BCUT2D eigenvalue weighted by Crippen LogP contribution is 2.46. The molecule has 2 N–H and O–H groups in total. The van der Waals surface area contributed by atoms with E-state index in [0.717, 1.165) is 16.5 Å². The number of nitrogens with zero attached hydrogens (tertiary/aromatic N) is 1. The first-order chi connectivity index (χ1) is 11.1. The molecule has 6 heteroatoms. The lowest BCUT2D eigenvalue weighted by molar-refractivity contribution is -0.116. The minimum atomic E-state index is -0.552. The number of nitrogens with two attached hydrogens (primary N) is 1. The molecule has 0 saturated heterocycles. The topological polar surface area (TPSA) is 85.3 Å². The zero-order valence-electron chi connectivity index (χ0n) is 12.6. The minimum absolute atomic E-state index is 0.00136. The van der Waals surface area contributed by atoms with Gasteiger partial charge in [-0.1, -0.05) is 15.9 Å². The molecule has 3 rings (SSSR count). The summed E-state index contributed by atoms with van der Waals surface area (Å²) in [6, 6.07) is 7.60. The van der Waals surface area contributed by atoms with Gasteiger partial charge in [0.2, 0.25) is 5.88 Å². The van der Waals surface area contributed by atoms with E-state index < -0.39 is 5.92 Å². The van der Waals surface area contributed by atoms with Gasteiger partial charge >= 0.3 is 0 Å². The van der Waals surface area contributed by atoms with E-state index in [1.54, 1.807) is 13.2 Å². The molecule has 0 saturated carbocycles. The largest absolute Gasteiger partial charge is 0.496 e. The molecule has 5 nitrogen and oxygen atoms in total. The Morgan fingerprint density at radius 1 is 1.43 bits per heavy atom. The minimum Gasteiger partial charge on any atom is -0.496 e. The molecule has 2 aliphatic rings. The number of carbonyl (C=O) groups is 1. The number of nitriles is 1. The van der Waals surface area contributed by atoms with Crippen molar-refractivity contribution in [1.82, 2.24) is 0 Å². The van der Waals surface area contributed by atoms with Crippen molar-refractivity contribution in [3.63, 3.8) is 0 Å². The maximum atomic E-state index is 12.5. The lowest BCUT2D eigenvalue weighted by Gasteiger charge is -2.31. The van der Waals surface area contributed by atoms with Gasteiger partial charge in [0.05, 0.1) is 13.0 Å². The molecule has 0 spiro atoms. The van der Waals surface area contributed by atoms with Gasteiger partial charge in [0, 0.05) is 28.5 Å². The van der Waals surface area contributed by atoms with Crippen molar-refractivity contribution >= 4 is 21.7 Å². The fourth-order valence-electron chi connectivity index (χ4n) is 3.10. The molecule has 0 amide bonds. The zero-order valence-corrected chi connectivity index (χ0v) is 14.1. The first kappa shape index (κ1) is 15.6. The van der Waals surface area contributed by atoms with Crippen molar-refractivity contribution < 1.29 is 14.3 Å². The monoisotopic (exact) mass is 374 g/mol. The van der Waals surface area contributed by atoms with Gasteiger partial charge in [-0.2, -0.15) is 5.26 Å². The predicted octanol–water partition coefficient (Wildman–Crippen LogP) is 3.27. The van der Waals surface area contributed by atoms with Gasteiger partial charge in [-0.05, 0) is 24.6 Å². The van der Waals surface area contributed by atoms with Crippen LogP contribution in [0.2, 0.25) is 0 Å². The van der Waals surface area contributed by atoms with Gasteiger partial charge in [0.1, 0.15) is 23.2 Å². The van der Waals surface area contributed by atoms with Gasteiger partial charge < -0.3 is 15.2 Å². The molecule has 1 aliphatic heterocycles. The number of benzene rings is 1. The van der Waals surface area contributed by atoms with E-state index in [4.69, 9.17) is 15.2 Å². The lowest BCUT2D eigenvalue weighted by atomic mass is 9.77. The summed E-state index contributed by atoms with van der Waals surface area (Å²) in [5, 5.41) is 9.55. The average molecular weight is 375 g/mol. The van der Waals surface area contributed by atoms with Crippen LogP contribution in [-0.4, -0.2) is 12.9 Å². The summed E-state index contributed by atoms with van der Waals surface area (Å²) in [5.41, 5.74) is 7.44. The summed E-state index contributed by atoms with van der Waals surface area (Å²) in [6.07, 6.45) is 1.83. The van der Waals surface area contributed by atoms with Crippen LogP contribution in [0.25, 0.3) is 0 Å². The second-order valence-electron chi connectivity index (χ2n) is 5.42. The van der Waals surface area contributed by atoms with Crippen LogP contribution < -0.4 is 10.5 Å².